The topological polar surface area (TPSA) is 61.4 Å². The molecule has 0 spiro atoms. The summed E-state index contributed by atoms with van der Waals surface area (Å²) in [5.41, 5.74) is 3.88. The fraction of sp³-hybridized carbons (Fsp3) is 0.200. The van der Waals surface area contributed by atoms with Gasteiger partial charge in [-0.15, -0.1) is 0 Å². The van der Waals surface area contributed by atoms with Crippen molar-refractivity contribution in [3.05, 3.63) is 90.0 Å². The van der Waals surface area contributed by atoms with Crippen LogP contribution in [0.15, 0.2) is 78.9 Å². The molecule has 1 fully saturated rings. The molecule has 0 bridgehead atoms. The second-order valence-electron chi connectivity index (χ2n) is 7.36. The fourth-order valence-electron chi connectivity index (χ4n) is 3.47. The van der Waals surface area contributed by atoms with Gasteiger partial charge in [0, 0.05) is 36.0 Å². The lowest BCUT2D eigenvalue weighted by Crippen LogP contribution is -2.38. The number of carbonyl (C=O) groups is 2. The van der Waals surface area contributed by atoms with Gasteiger partial charge >= 0.3 is 0 Å². The molecule has 2 N–H and O–H groups in total. The number of nitrogens with zero attached hydrogens (tertiary/aromatic N) is 1. The standard InChI is InChI=1S/C25H25N3O2S/c29-24(28-14-16-31-17-15-28)18-19-10-12-21(13-11-19)27-25(30)22-8-4-5-9-23(22)26-20-6-2-1-3-7-20/h1-13,26H,14-18H2,(H,27,30). The SMILES string of the molecule is O=C(Nc1ccc(CC(=O)N2CCSCC2)cc1)c1ccccc1Nc1ccccc1. The molecule has 1 aliphatic rings. The summed E-state index contributed by atoms with van der Waals surface area (Å²) >= 11 is 1.89. The van der Waals surface area contributed by atoms with E-state index in [4.69, 9.17) is 0 Å². The average molecular weight is 432 g/mol. The Kier molecular flexibility index (Phi) is 6.89. The van der Waals surface area contributed by atoms with E-state index in [1.807, 2.05) is 89.5 Å². The second kappa shape index (κ2) is 10.2. The summed E-state index contributed by atoms with van der Waals surface area (Å²) in [4.78, 5) is 27.3. The van der Waals surface area contributed by atoms with E-state index >= 15 is 0 Å². The van der Waals surface area contributed by atoms with Crippen LogP contribution in [0, 0.1) is 0 Å². The summed E-state index contributed by atoms with van der Waals surface area (Å²) in [6.45, 7) is 1.65. The molecule has 0 unspecified atom stereocenters. The lowest BCUT2D eigenvalue weighted by molar-refractivity contribution is -0.130. The van der Waals surface area contributed by atoms with Crippen molar-refractivity contribution < 1.29 is 9.59 Å². The highest BCUT2D eigenvalue weighted by atomic mass is 32.2. The fourth-order valence-corrected chi connectivity index (χ4v) is 4.37. The molecule has 1 heterocycles. The Hall–Kier alpha value is -3.25. The minimum absolute atomic E-state index is 0.165. The largest absolute Gasteiger partial charge is 0.355 e. The third-order valence-electron chi connectivity index (χ3n) is 5.16. The average Bonchev–Trinajstić information content (AvgIpc) is 2.82. The zero-order chi connectivity index (χ0) is 21.5. The molecule has 3 aromatic rings. The molecular formula is C25H25N3O2S. The number of hydrogen-bond acceptors (Lipinski definition) is 4. The van der Waals surface area contributed by atoms with Gasteiger partial charge in [0.05, 0.1) is 17.7 Å². The summed E-state index contributed by atoms with van der Waals surface area (Å²) in [6, 6.07) is 24.7. The van der Waals surface area contributed by atoms with Crippen LogP contribution in [0.3, 0.4) is 0 Å². The number of thioether (sulfide) groups is 1. The van der Waals surface area contributed by atoms with Crippen LogP contribution in [0.5, 0.6) is 0 Å². The highest BCUT2D eigenvalue weighted by Crippen LogP contribution is 2.22. The van der Waals surface area contributed by atoms with Gasteiger partial charge in [-0.25, -0.2) is 0 Å². The molecule has 158 valence electrons. The Morgan fingerprint density at radius 3 is 2.23 bits per heavy atom. The molecule has 0 aromatic heterocycles. The number of carbonyl (C=O) groups excluding carboxylic acids is 2. The molecule has 4 rings (SSSR count). The van der Waals surface area contributed by atoms with Crippen molar-refractivity contribution >= 4 is 40.6 Å². The zero-order valence-electron chi connectivity index (χ0n) is 17.2. The maximum atomic E-state index is 12.9. The van der Waals surface area contributed by atoms with Gasteiger partial charge in [-0.1, -0.05) is 42.5 Å². The minimum Gasteiger partial charge on any atom is -0.355 e. The zero-order valence-corrected chi connectivity index (χ0v) is 18.0. The van der Waals surface area contributed by atoms with Gasteiger partial charge in [0.1, 0.15) is 0 Å². The van der Waals surface area contributed by atoms with Crippen molar-refractivity contribution in [2.75, 3.05) is 35.2 Å². The van der Waals surface area contributed by atoms with Crippen LogP contribution < -0.4 is 10.6 Å². The van der Waals surface area contributed by atoms with E-state index in [1.165, 1.54) is 0 Å². The molecular weight excluding hydrogens is 406 g/mol. The van der Waals surface area contributed by atoms with E-state index in [0.717, 1.165) is 41.5 Å². The Balaban J connectivity index is 1.39. The van der Waals surface area contributed by atoms with Gasteiger partial charge in [-0.2, -0.15) is 11.8 Å². The molecule has 2 amide bonds. The van der Waals surface area contributed by atoms with Crippen LogP contribution in [0.2, 0.25) is 0 Å². The summed E-state index contributed by atoms with van der Waals surface area (Å²) in [5, 5.41) is 6.25. The molecule has 0 atom stereocenters. The van der Waals surface area contributed by atoms with Gasteiger partial charge < -0.3 is 15.5 Å². The van der Waals surface area contributed by atoms with E-state index in [-0.39, 0.29) is 11.8 Å². The van der Waals surface area contributed by atoms with Gasteiger partial charge in [0.2, 0.25) is 5.91 Å². The highest BCUT2D eigenvalue weighted by molar-refractivity contribution is 7.99. The molecule has 1 saturated heterocycles. The molecule has 6 heteroatoms. The number of amides is 2. The van der Waals surface area contributed by atoms with E-state index < -0.39 is 0 Å². The van der Waals surface area contributed by atoms with Crippen LogP contribution in [-0.2, 0) is 11.2 Å². The van der Waals surface area contributed by atoms with Crippen LogP contribution >= 0.6 is 11.8 Å². The van der Waals surface area contributed by atoms with Crippen LogP contribution in [0.1, 0.15) is 15.9 Å². The van der Waals surface area contributed by atoms with Crippen molar-refractivity contribution in [1.29, 1.82) is 0 Å². The predicted octanol–water partition coefficient (Wildman–Crippen LogP) is 4.80. The lowest BCUT2D eigenvalue weighted by atomic mass is 10.1. The van der Waals surface area contributed by atoms with E-state index in [1.54, 1.807) is 6.07 Å². The molecule has 3 aromatic carbocycles. The third kappa shape index (κ3) is 5.67. The smallest absolute Gasteiger partial charge is 0.257 e. The highest BCUT2D eigenvalue weighted by Gasteiger charge is 2.17. The summed E-state index contributed by atoms with van der Waals surface area (Å²) in [5.74, 6) is 2.00. The lowest BCUT2D eigenvalue weighted by Gasteiger charge is -2.26. The Morgan fingerprint density at radius 1 is 0.806 bits per heavy atom. The van der Waals surface area contributed by atoms with Gasteiger partial charge in [-0.3, -0.25) is 9.59 Å². The van der Waals surface area contributed by atoms with Crippen molar-refractivity contribution in [3.63, 3.8) is 0 Å². The van der Waals surface area contributed by atoms with E-state index in [2.05, 4.69) is 10.6 Å². The minimum atomic E-state index is -0.186. The number of rotatable bonds is 6. The third-order valence-corrected chi connectivity index (χ3v) is 6.10. The molecule has 1 aliphatic heterocycles. The van der Waals surface area contributed by atoms with Gasteiger partial charge in [-0.05, 0) is 42.0 Å². The molecule has 0 saturated carbocycles. The molecule has 5 nitrogen and oxygen atoms in total. The van der Waals surface area contributed by atoms with Crippen molar-refractivity contribution in [2.45, 2.75) is 6.42 Å². The number of para-hydroxylation sites is 2. The van der Waals surface area contributed by atoms with Crippen LogP contribution in [-0.4, -0.2) is 41.3 Å². The number of hydrogen-bond donors (Lipinski definition) is 2. The molecule has 0 radical (unpaired) electrons. The Labute approximate surface area is 186 Å². The first-order chi connectivity index (χ1) is 15.2. The summed E-state index contributed by atoms with van der Waals surface area (Å²) in [6.07, 6.45) is 0.392. The number of nitrogens with one attached hydrogen (secondary N) is 2. The summed E-state index contributed by atoms with van der Waals surface area (Å²) < 4.78 is 0. The van der Waals surface area contributed by atoms with Crippen LogP contribution in [0.4, 0.5) is 17.1 Å². The van der Waals surface area contributed by atoms with Crippen molar-refractivity contribution in [1.82, 2.24) is 4.90 Å². The van der Waals surface area contributed by atoms with E-state index in [9.17, 15) is 9.59 Å². The maximum absolute atomic E-state index is 12.9. The first-order valence-electron chi connectivity index (χ1n) is 10.4. The normalized spacial score (nSPS) is 13.5. The van der Waals surface area contributed by atoms with E-state index in [0.29, 0.717) is 17.7 Å². The second-order valence-corrected chi connectivity index (χ2v) is 8.58. The van der Waals surface area contributed by atoms with Crippen LogP contribution in [0.25, 0.3) is 0 Å². The van der Waals surface area contributed by atoms with Gasteiger partial charge in [0.25, 0.3) is 5.91 Å². The Bertz CT molecular complexity index is 1030. The first kappa shape index (κ1) is 21.0. The Morgan fingerprint density at radius 2 is 1.48 bits per heavy atom. The molecule has 0 aliphatic carbocycles. The summed E-state index contributed by atoms with van der Waals surface area (Å²) in [7, 11) is 0. The van der Waals surface area contributed by atoms with Gasteiger partial charge in [0.15, 0.2) is 0 Å². The maximum Gasteiger partial charge on any atom is 0.257 e. The number of anilines is 3. The monoisotopic (exact) mass is 431 g/mol. The first-order valence-corrected chi connectivity index (χ1v) is 11.5. The quantitative estimate of drug-likeness (QED) is 0.589. The van der Waals surface area contributed by atoms with Crippen molar-refractivity contribution in [3.8, 4) is 0 Å². The predicted molar refractivity (Wildman–Crippen MR) is 128 cm³/mol. The number of benzene rings is 3. The molecule has 31 heavy (non-hydrogen) atoms. The van der Waals surface area contributed by atoms with Crippen molar-refractivity contribution in [2.24, 2.45) is 0 Å².